The van der Waals surface area contributed by atoms with E-state index < -0.39 is 0 Å². The molecule has 0 unspecified atom stereocenters. The zero-order chi connectivity index (χ0) is 13.7. The van der Waals surface area contributed by atoms with Crippen LogP contribution in [0, 0.1) is 6.92 Å². The number of nitrogens with zero attached hydrogens (tertiary/aromatic N) is 1. The van der Waals surface area contributed by atoms with Crippen molar-refractivity contribution in [3.63, 3.8) is 0 Å². The predicted molar refractivity (Wildman–Crippen MR) is 85.5 cm³/mol. The first-order valence-electron chi connectivity index (χ1n) is 6.17. The number of hydrogen-bond donors (Lipinski definition) is 0. The Hall–Kier alpha value is -1.93. The van der Waals surface area contributed by atoms with Crippen LogP contribution in [0.2, 0.25) is 0 Å². The van der Waals surface area contributed by atoms with Gasteiger partial charge in [0, 0.05) is 16.5 Å². The van der Waals surface area contributed by atoms with Gasteiger partial charge in [0.2, 0.25) is 0 Å². The number of pyridine rings is 1. The van der Waals surface area contributed by atoms with E-state index in [2.05, 4.69) is 54.2 Å². The van der Waals surface area contributed by atoms with Crippen molar-refractivity contribution >= 4 is 27.8 Å². The molecule has 0 radical (unpaired) electrons. The third-order valence-electron chi connectivity index (χ3n) is 2.76. The van der Waals surface area contributed by atoms with Gasteiger partial charge in [-0.25, -0.2) is 0 Å². The van der Waals surface area contributed by atoms with Gasteiger partial charge in [-0.3, -0.25) is 4.98 Å². The number of benzene rings is 1. The van der Waals surface area contributed by atoms with Gasteiger partial charge < -0.3 is 0 Å². The molecule has 0 aliphatic rings. The summed E-state index contributed by atoms with van der Waals surface area (Å²) in [4.78, 5) is 5.64. The number of aryl methyl sites for hydroxylation is 1. The van der Waals surface area contributed by atoms with E-state index in [1.807, 2.05) is 25.3 Å². The molecule has 0 aliphatic heterocycles. The van der Waals surface area contributed by atoms with Crippen LogP contribution in [0.1, 0.15) is 17.4 Å². The van der Waals surface area contributed by atoms with Crippen molar-refractivity contribution in [2.75, 3.05) is 0 Å². The fourth-order valence-corrected chi connectivity index (χ4v) is 2.23. The maximum atomic E-state index is 4.25. The molecule has 2 aromatic heterocycles. The normalized spacial score (nSPS) is 9.79. The maximum absolute atomic E-state index is 4.25. The summed E-state index contributed by atoms with van der Waals surface area (Å²) in [5.74, 6) is 0. The van der Waals surface area contributed by atoms with Crippen LogP contribution in [0.3, 0.4) is 0 Å². The molecule has 0 aliphatic carbocycles. The van der Waals surface area contributed by atoms with Crippen molar-refractivity contribution < 1.29 is 0 Å². The van der Waals surface area contributed by atoms with Crippen LogP contribution in [-0.2, 0) is 0 Å². The zero-order valence-corrected chi connectivity index (χ0v) is 12.1. The minimum Gasteiger partial charge on any atom is -0.256 e. The summed E-state index contributed by atoms with van der Waals surface area (Å²) < 4.78 is 0. The lowest BCUT2D eigenvalue weighted by molar-refractivity contribution is 1.41. The standard InChI is InChI=1S/C12H11N.C5H6S/c1-9(2)10-5-6-12-11(8-10)4-3-7-13-12;1-5-3-2-4-6-5/h3-8H,1H2,2H3;2-4H,1H3. The number of thiophene rings is 1. The van der Waals surface area contributed by atoms with E-state index in [9.17, 15) is 0 Å². The first-order chi connectivity index (χ1) is 9.16. The van der Waals surface area contributed by atoms with Crippen molar-refractivity contribution in [3.8, 4) is 0 Å². The summed E-state index contributed by atoms with van der Waals surface area (Å²) in [6.45, 7) is 8.03. The highest BCUT2D eigenvalue weighted by molar-refractivity contribution is 7.09. The molecule has 0 spiro atoms. The molecule has 19 heavy (non-hydrogen) atoms. The molecule has 0 atom stereocenters. The third kappa shape index (κ3) is 3.76. The molecule has 3 rings (SSSR count). The Morgan fingerprint density at radius 1 is 1.16 bits per heavy atom. The molecule has 1 nitrogen and oxygen atoms in total. The highest BCUT2D eigenvalue weighted by Crippen LogP contribution is 2.17. The lowest BCUT2D eigenvalue weighted by Gasteiger charge is -2.01. The lowest BCUT2D eigenvalue weighted by Crippen LogP contribution is -1.80. The number of aromatic nitrogens is 1. The molecule has 0 N–H and O–H groups in total. The minimum absolute atomic E-state index is 1.03. The van der Waals surface area contributed by atoms with Crippen molar-refractivity contribution in [2.45, 2.75) is 13.8 Å². The summed E-state index contributed by atoms with van der Waals surface area (Å²) in [5.41, 5.74) is 3.30. The molecule has 96 valence electrons. The number of fused-ring (bicyclic) bond motifs is 1. The Bertz CT molecular complexity index is 669. The topological polar surface area (TPSA) is 12.9 Å². The fraction of sp³-hybridized carbons (Fsp3) is 0.118. The van der Waals surface area contributed by atoms with Crippen LogP contribution < -0.4 is 0 Å². The zero-order valence-electron chi connectivity index (χ0n) is 11.3. The van der Waals surface area contributed by atoms with Gasteiger partial charge in [-0.15, -0.1) is 11.3 Å². The average molecular weight is 267 g/mol. The predicted octanol–water partition coefficient (Wildman–Crippen LogP) is 5.32. The van der Waals surface area contributed by atoms with Gasteiger partial charge in [0.1, 0.15) is 0 Å². The van der Waals surface area contributed by atoms with E-state index >= 15 is 0 Å². The Labute approximate surface area is 118 Å². The quantitative estimate of drug-likeness (QED) is 0.581. The van der Waals surface area contributed by atoms with Gasteiger partial charge in [-0.05, 0) is 49.1 Å². The second-order valence-corrected chi connectivity index (χ2v) is 5.57. The van der Waals surface area contributed by atoms with Crippen LogP contribution in [0.5, 0.6) is 0 Å². The average Bonchev–Trinajstić information content (AvgIpc) is 2.90. The molecule has 1 aromatic carbocycles. The van der Waals surface area contributed by atoms with E-state index in [-0.39, 0.29) is 0 Å². The largest absolute Gasteiger partial charge is 0.256 e. The summed E-state index contributed by atoms with van der Waals surface area (Å²) >= 11 is 1.78. The Balaban J connectivity index is 0.000000186. The first kappa shape index (κ1) is 13.5. The van der Waals surface area contributed by atoms with Gasteiger partial charge in [-0.1, -0.05) is 30.4 Å². The molecular weight excluding hydrogens is 250 g/mol. The number of hydrogen-bond acceptors (Lipinski definition) is 2. The van der Waals surface area contributed by atoms with Gasteiger partial charge >= 0.3 is 0 Å². The third-order valence-corrected chi connectivity index (χ3v) is 3.56. The summed E-state index contributed by atoms with van der Waals surface area (Å²) in [5, 5.41) is 3.25. The second-order valence-electron chi connectivity index (χ2n) is 4.41. The Kier molecular flexibility index (Phi) is 4.48. The summed E-state index contributed by atoms with van der Waals surface area (Å²) in [6.07, 6.45) is 1.81. The Morgan fingerprint density at radius 2 is 2.00 bits per heavy atom. The summed E-state index contributed by atoms with van der Waals surface area (Å²) in [6, 6.07) is 14.4. The van der Waals surface area contributed by atoms with Gasteiger partial charge in [0.05, 0.1) is 5.52 Å². The molecule has 0 amide bonds. The van der Waals surface area contributed by atoms with Gasteiger partial charge in [0.15, 0.2) is 0 Å². The van der Waals surface area contributed by atoms with E-state index in [0.29, 0.717) is 0 Å². The first-order valence-corrected chi connectivity index (χ1v) is 7.05. The van der Waals surface area contributed by atoms with Crippen molar-refractivity contribution in [1.29, 1.82) is 0 Å². The number of rotatable bonds is 1. The smallest absolute Gasteiger partial charge is 0.0702 e. The molecule has 0 saturated carbocycles. The lowest BCUT2D eigenvalue weighted by atomic mass is 10.1. The molecule has 0 bridgehead atoms. The van der Waals surface area contributed by atoms with Crippen LogP contribution in [0.4, 0.5) is 0 Å². The number of allylic oxidation sites excluding steroid dienone is 1. The molecule has 2 heterocycles. The van der Waals surface area contributed by atoms with Crippen LogP contribution in [0.25, 0.3) is 16.5 Å². The molecular formula is C17H17NS. The van der Waals surface area contributed by atoms with Gasteiger partial charge in [0.25, 0.3) is 0 Å². The van der Waals surface area contributed by atoms with E-state index in [1.165, 1.54) is 15.8 Å². The molecule has 3 aromatic rings. The SMILES string of the molecule is C=C(C)c1ccc2ncccc2c1.Cc1cccs1. The highest BCUT2D eigenvalue weighted by Gasteiger charge is 1.96. The monoisotopic (exact) mass is 267 g/mol. The van der Waals surface area contributed by atoms with Gasteiger partial charge in [-0.2, -0.15) is 0 Å². The van der Waals surface area contributed by atoms with E-state index in [4.69, 9.17) is 0 Å². The Morgan fingerprint density at radius 3 is 2.58 bits per heavy atom. The van der Waals surface area contributed by atoms with Crippen LogP contribution in [0.15, 0.2) is 60.6 Å². The van der Waals surface area contributed by atoms with Crippen LogP contribution >= 0.6 is 11.3 Å². The second kappa shape index (κ2) is 6.30. The van der Waals surface area contributed by atoms with E-state index in [0.717, 1.165) is 11.1 Å². The van der Waals surface area contributed by atoms with Crippen molar-refractivity contribution in [1.82, 2.24) is 4.98 Å². The highest BCUT2D eigenvalue weighted by atomic mass is 32.1. The van der Waals surface area contributed by atoms with Crippen molar-refractivity contribution in [3.05, 3.63) is 71.1 Å². The maximum Gasteiger partial charge on any atom is 0.0702 e. The molecule has 2 heteroatoms. The fourth-order valence-electron chi connectivity index (χ4n) is 1.70. The van der Waals surface area contributed by atoms with Crippen LogP contribution in [-0.4, -0.2) is 4.98 Å². The minimum atomic E-state index is 1.03. The molecule has 0 saturated heterocycles. The molecule has 0 fully saturated rings. The van der Waals surface area contributed by atoms with E-state index in [1.54, 1.807) is 11.3 Å². The van der Waals surface area contributed by atoms with Crippen molar-refractivity contribution in [2.24, 2.45) is 0 Å². The summed E-state index contributed by atoms with van der Waals surface area (Å²) in [7, 11) is 0.